The number of ether oxygens (including phenoxy) is 2. The maximum absolute atomic E-state index is 13.5. The van der Waals surface area contributed by atoms with Crippen LogP contribution in [0.25, 0.3) is 0 Å². The Morgan fingerprint density at radius 3 is 2.18 bits per heavy atom. The van der Waals surface area contributed by atoms with Gasteiger partial charge in [0.2, 0.25) is 0 Å². The van der Waals surface area contributed by atoms with Crippen molar-refractivity contribution in [3.8, 4) is 11.5 Å². The number of nitrogens with zero attached hydrogens (tertiary/aromatic N) is 2. The molecule has 4 aromatic rings. The van der Waals surface area contributed by atoms with Gasteiger partial charge in [0.15, 0.2) is 0 Å². The van der Waals surface area contributed by atoms with Crippen LogP contribution in [0.3, 0.4) is 0 Å². The van der Waals surface area contributed by atoms with Gasteiger partial charge in [-0.15, -0.1) is 0 Å². The molecule has 0 unspecified atom stereocenters. The minimum absolute atomic E-state index is 0.0376. The van der Waals surface area contributed by atoms with Crippen molar-refractivity contribution < 1.29 is 22.7 Å². The first-order valence-electron chi connectivity index (χ1n) is 12.4. The minimum Gasteiger partial charge on any atom is -0.494 e. The lowest BCUT2D eigenvalue weighted by molar-refractivity contribution is -0.119. The number of hydrazone groups is 1. The summed E-state index contributed by atoms with van der Waals surface area (Å²) in [6, 6.07) is 31.6. The zero-order valence-corrected chi connectivity index (χ0v) is 22.3. The molecule has 0 aliphatic rings. The van der Waals surface area contributed by atoms with Crippen molar-refractivity contribution in [3.05, 3.63) is 120 Å². The molecular weight excluding hydrogens is 514 g/mol. The summed E-state index contributed by atoms with van der Waals surface area (Å²) in [6.45, 7) is 2.22. The van der Waals surface area contributed by atoms with Gasteiger partial charge in [-0.3, -0.25) is 9.10 Å². The predicted molar refractivity (Wildman–Crippen MR) is 152 cm³/mol. The predicted octanol–water partition coefficient (Wildman–Crippen LogP) is 5.01. The van der Waals surface area contributed by atoms with Crippen LogP contribution in [0, 0.1) is 0 Å². The van der Waals surface area contributed by atoms with Crippen LogP contribution in [-0.2, 0) is 21.4 Å². The fraction of sp³-hybridized carbons (Fsp3) is 0.133. The Kier molecular flexibility index (Phi) is 9.31. The van der Waals surface area contributed by atoms with Crippen LogP contribution < -0.4 is 19.2 Å². The summed E-state index contributed by atoms with van der Waals surface area (Å²) in [4.78, 5) is 12.9. The van der Waals surface area contributed by atoms with Crippen molar-refractivity contribution in [2.45, 2.75) is 18.4 Å². The number of rotatable bonds is 12. The number of carbonyl (C=O) groups is 1. The molecule has 8 nitrogen and oxygen atoms in total. The van der Waals surface area contributed by atoms with E-state index in [0.29, 0.717) is 36.0 Å². The highest BCUT2D eigenvalue weighted by molar-refractivity contribution is 7.92. The second-order valence-corrected chi connectivity index (χ2v) is 10.2. The van der Waals surface area contributed by atoms with Crippen LogP contribution in [0.5, 0.6) is 11.5 Å². The van der Waals surface area contributed by atoms with Crippen molar-refractivity contribution >= 4 is 27.8 Å². The average molecular weight is 544 g/mol. The topological polar surface area (TPSA) is 97.3 Å². The molecule has 0 saturated carbocycles. The molecule has 0 aliphatic heterocycles. The maximum Gasteiger partial charge on any atom is 0.264 e. The van der Waals surface area contributed by atoms with E-state index in [4.69, 9.17) is 9.47 Å². The lowest BCUT2D eigenvalue weighted by Gasteiger charge is -2.23. The number of sulfonamides is 1. The molecule has 0 heterocycles. The Labute approximate surface area is 228 Å². The van der Waals surface area contributed by atoms with Gasteiger partial charge < -0.3 is 9.47 Å². The monoisotopic (exact) mass is 543 g/mol. The molecule has 0 radical (unpaired) electrons. The molecule has 1 amide bonds. The first kappa shape index (κ1) is 27.4. The van der Waals surface area contributed by atoms with E-state index in [9.17, 15) is 13.2 Å². The quantitative estimate of drug-likeness (QED) is 0.200. The minimum atomic E-state index is -4.05. The van der Waals surface area contributed by atoms with E-state index < -0.39 is 22.5 Å². The summed E-state index contributed by atoms with van der Waals surface area (Å²) in [6.07, 6.45) is 1.46. The third-order valence-corrected chi connectivity index (χ3v) is 7.39. The third-order valence-electron chi connectivity index (χ3n) is 5.60. The lowest BCUT2D eigenvalue weighted by atomic mass is 10.2. The van der Waals surface area contributed by atoms with E-state index in [1.807, 2.05) is 61.5 Å². The van der Waals surface area contributed by atoms with Crippen LogP contribution in [-0.4, -0.2) is 33.7 Å². The fourth-order valence-electron chi connectivity index (χ4n) is 3.70. The van der Waals surface area contributed by atoms with Crippen molar-refractivity contribution in [2.24, 2.45) is 5.10 Å². The SMILES string of the molecule is CCOc1ccc(S(=O)(=O)N(CC(=O)N/N=C\c2ccccc2OCc2ccccc2)c2ccccc2)cc1. The Balaban J connectivity index is 1.47. The molecule has 4 rings (SSSR count). The molecule has 1 N–H and O–H groups in total. The van der Waals surface area contributed by atoms with Gasteiger partial charge in [-0.25, -0.2) is 13.8 Å². The number of hydrogen-bond donors (Lipinski definition) is 1. The number of benzene rings is 4. The largest absolute Gasteiger partial charge is 0.494 e. The molecule has 200 valence electrons. The first-order valence-corrected chi connectivity index (χ1v) is 13.8. The van der Waals surface area contributed by atoms with Crippen molar-refractivity contribution in [3.63, 3.8) is 0 Å². The van der Waals surface area contributed by atoms with Crippen LogP contribution in [0.1, 0.15) is 18.1 Å². The van der Waals surface area contributed by atoms with E-state index >= 15 is 0 Å². The molecule has 4 aromatic carbocycles. The van der Waals surface area contributed by atoms with Crippen molar-refractivity contribution in [1.82, 2.24) is 5.43 Å². The molecule has 9 heteroatoms. The van der Waals surface area contributed by atoms with Gasteiger partial charge in [0.1, 0.15) is 24.7 Å². The summed E-state index contributed by atoms with van der Waals surface area (Å²) in [5.74, 6) is 0.554. The Morgan fingerprint density at radius 2 is 1.49 bits per heavy atom. The number of amides is 1. The van der Waals surface area contributed by atoms with Crippen molar-refractivity contribution in [2.75, 3.05) is 17.5 Å². The molecular formula is C30H29N3O5S. The Morgan fingerprint density at radius 1 is 0.846 bits per heavy atom. The average Bonchev–Trinajstić information content (AvgIpc) is 2.97. The van der Waals surface area contributed by atoms with Gasteiger partial charge >= 0.3 is 0 Å². The lowest BCUT2D eigenvalue weighted by Crippen LogP contribution is -2.39. The molecule has 0 bridgehead atoms. The third kappa shape index (κ3) is 7.45. The van der Waals surface area contributed by atoms with E-state index in [0.717, 1.165) is 9.87 Å². The molecule has 0 aromatic heterocycles. The van der Waals surface area contributed by atoms with Crippen molar-refractivity contribution in [1.29, 1.82) is 0 Å². The van der Waals surface area contributed by atoms with Crippen LogP contribution in [0.15, 0.2) is 119 Å². The van der Waals surface area contributed by atoms with Crippen LogP contribution in [0.2, 0.25) is 0 Å². The molecule has 0 fully saturated rings. The van der Waals surface area contributed by atoms with Gasteiger partial charge in [-0.1, -0.05) is 60.7 Å². The first-order chi connectivity index (χ1) is 19.0. The summed E-state index contributed by atoms with van der Waals surface area (Å²) in [5, 5.41) is 4.05. The molecule has 0 saturated heterocycles. The second kappa shape index (κ2) is 13.3. The zero-order valence-electron chi connectivity index (χ0n) is 21.4. The number of para-hydroxylation sites is 2. The Bertz CT molecular complexity index is 1490. The zero-order chi connectivity index (χ0) is 27.5. The normalized spacial score (nSPS) is 11.2. The molecule has 0 spiro atoms. The standard InChI is InChI=1S/C30H29N3O5S/c1-2-37-27-17-19-28(20-18-27)39(35,36)33(26-14-7-4-8-15-26)22-30(34)32-31-21-25-13-9-10-16-29(25)38-23-24-11-5-3-6-12-24/h3-21H,2,22-23H2,1H3,(H,32,34)/b31-21-. The summed E-state index contributed by atoms with van der Waals surface area (Å²) in [5.41, 5.74) is 4.47. The van der Waals surface area contributed by atoms with Gasteiger partial charge in [0.25, 0.3) is 15.9 Å². The highest BCUT2D eigenvalue weighted by atomic mass is 32.2. The smallest absolute Gasteiger partial charge is 0.264 e. The maximum atomic E-state index is 13.5. The number of hydrogen-bond acceptors (Lipinski definition) is 6. The highest BCUT2D eigenvalue weighted by Crippen LogP contribution is 2.25. The Hall–Kier alpha value is -4.63. The number of carbonyl (C=O) groups excluding carboxylic acids is 1. The highest BCUT2D eigenvalue weighted by Gasteiger charge is 2.27. The van der Waals surface area contributed by atoms with Gasteiger partial charge in [-0.2, -0.15) is 5.10 Å². The van der Waals surface area contributed by atoms with Gasteiger partial charge in [0.05, 0.1) is 23.4 Å². The van der Waals surface area contributed by atoms with E-state index in [1.165, 1.54) is 18.3 Å². The molecule has 39 heavy (non-hydrogen) atoms. The molecule has 0 aliphatic carbocycles. The second-order valence-electron chi connectivity index (χ2n) is 8.36. The summed E-state index contributed by atoms with van der Waals surface area (Å²) >= 11 is 0. The van der Waals surface area contributed by atoms with Crippen LogP contribution in [0.4, 0.5) is 5.69 Å². The summed E-state index contributed by atoms with van der Waals surface area (Å²) in [7, 11) is -4.05. The number of anilines is 1. The van der Waals surface area contributed by atoms with Gasteiger partial charge in [0, 0.05) is 5.56 Å². The van der Waals surface area contributed by atoms with Crippen LogP contribution >= 0.6 is 0 Å². The van der Waals surface area contributed by atoms with Gasteiger partial charge in [-0.05, 0) is 61.0 Å². The number of nitrogens with one attached hydrogen (secondary N) is 1. The van der Waals surface area contributed by atoms with E-state index in [-0.39, 0.29) is 4.90 Å². The van der Waals surface area contributed by atoms with E-state index in [2.05, 4.69) is 10.5 Å². The molecule has 0 atom stereocenters. The summed E-state index contributed by atoms with van der Waals surface area (Å²) < 4.78 is 39.4. The van der Waals surface area contributed by atoms with E-state index in [1.54, 1.807) is 42.5 Å². The fourth-order valence-corrected chi connectivity index (χ4v) is 5.13.